The van der Waals surface area contributed by atoms with Gasteiger partial charge in [0, 0.05) is 9.88 Å². The molecular formula is C30H23BrF2N2S. The second kappa shape index (κ2) is 9.49. The summed E-state index contributed by atoms with van der Waals surface area (Å²) < 4.78 is 28.5. The first-order chi connectivity index (χ1) is 17.5. The van der Waals surface area contributed by atoms with Gasteiger partial charge in [0.25, 0.3) is 0 Å². The van der Waals surface area contributed by atoms with E-state index < -0.39 is 0 Å². The predicted molar refractivity (Wildman–Crippen MR) is 148 cm³/mol. The van der Waals surface area contributed by atoms with Crippen molar-refractivity contribution in [3.63, 3.8) is 0 Å². The zero-order chi connectivity index (χ0) is 24.8. The van der Waals surface area contributed by atoms with Gasteiger partial charge in [-0.1, -0.05) is 71.0 Å². The van der Waals surface area contributed by atoms with Gasteiger partial charge >= 0.3 is 0 Å². The van der Waals surface area contributed by atoms with Gasteiger partial charge in [0.15, 0.2) is 5.17 Å². The van der Waals surface area contributed by atoms with E-state index in [1.54, 1.807) is 23.9 Å². The molecule has 2 nitrogen and oxygen atoms in total. The van der Waals surface area contributed by atoms with Crippen molar-refractivity contribution in [1.29, 1.82) is 0 Å². The highest BCUT2D eigenvalue weighted by Gasteiger charge is 2.41. The van der Waals surface area contributed by atoms with Gasteiger partial charge in [-0.25, -0.2) is 13.8 Å². The summed E-state index contributed by atoms with van der Waals surface area (Å²) in [6.45, 7) is 2.26. The summed E-state index contributed by atoms with van der Waals surface area (Å²) in [6, 6.07) is 21.7. The van der Waals surface area contributed by atoms with Crippen molar-refractivity contribution in [3.05, 3.63) is 128 Å². The van der Waals surface area contributed by atoms with E-state index in [0.717, 1.165) is 56.1 Å². The maximum atomic E-state index is 13.9. The van der Waals surface area contributed by atoms with Crippen LogP contribution < -0.4 is 0 Å². The van der Waals surface area contributed by atoms with Crippen LogP contribution in [0.1, 0.15) is 42.5 Å². The second-order valence-electron chi connectivity index (χ2n) is 9.45. The number of amidine groups is 1. The Balaban J connectivity index is 1.50. The molecule has 3 aromatic rings. The highest BCUT2D eigenvalue weighted by Crippen LogP contribution is 2.52. The molecule has 0 aromatic heterocycles. The standard InChI is InChI=1S/C30H23BrF2N2S/c1-18-14-22(16-19-2-10-24(32)11-3-19)28-26(15-18)29(21-6-12-25(33)13-7-21)35-27(17-36-30(35)34-28)20-4-8-23(31)9-5-20/h2-13,16-18,29H,14-15H2,1H3/b22-16+. The minimum Gasteiger partial charge on any atom is -0.308 e. The smallest absolute Gasteiger partial charge is 0.174 e. The van der Waals surface area contributed by atoms with Crippen LogP contribution in [0.5, 0.6) is 0 Å². The van der Waals surface area contributed by atoms with Gasteiger partial charge in [-0.15, -0.1) is 0 Å². The lowest BCUT2D eigenvalue weighted by Crippen LogP contribution is -2.35. The van der Waals surface area contributed by atoms with Crippen molar-refractivity contribution in [3.8, 4) is 0 Å². The van der Waals surface area contributed by atoms with Crippen molar-refractivity contribution in [2.45, 2.75) is 25.8 Å². The van der Waals surface area contributed by atoms with E-state index in [9.17, 15) is 8.78 Å². The van der Waals surface area contributed by atoms with Gasteiger partial charge < -0.3 is 4.90 Å². The summed E-state index contributed by atoms with van der Waals surface area (Å²) in [6.07, 6.45) is 3.94. The number of nitrogens with zero attached hydrogens (tertiary/aromatic N) is 2. The van der Waals surface area contributed by atoms with Gasteiger partial charge in [0.05, 0.1) is 17.4 Å². The molecule has 0 spiro atoms. The first-order valence-electron chi connectivity index (χ1n) is 11.9. The fourth-order valence-electron chi connectivity index (χ4n) is 5.22. The van der Waals surface area contributed by atoms with Crippen LogP contribution in [0.15, 0.2) is 105 Å². The highest BCUT2D eigenvalue weighted by molar-refractivity contribution is 9.10. The lowest BCUT2D eigenvalue weighted by molar-refractivity contribution is 0.425. The number of fused-ring (bicyclic) bond motifs is 1. The Morgan fingerprint density at radius 2 is 1.58 bits per heavy atom. The van der Waals surface area contributed by atoms with Crippen LogP contribution >= 0.6 is 27.7 Å². The zero-order valence-corrected chi connectivity index (χ0v) is 22.0. The van der Waals surface area contributed by atoms with E-state index in [0.29, 0.717) is 5.92 Å². The molecular weight excluding hydrogens is 538 g/mol. The Morgan fingerprint density at radius 1 is 0.917 bits per heavy atom. The molecule has 0 fully saturated rings. The molecule has 2 heterocycles. The Labute approximate surface area is 222 Å². The van der Waals surface area contributed by atoms with Crippen LogP contribution in [-0.4, -0.2) is 10.1 Å². The van der Waals surface area contributed by atoms with E-state index in [1.807, 2.05) is 24.3 Å². The first-order valence-corrected chi connectivity index (χ1v) is 13.6. The van der Waals surface area contributed by atoms with E-state index in [2.05, 4.69) is 51.4 Å². The van der Waals surface area contributed by atoms with Crippen LogP contribution in [0.3, 0.4) is 0 Å². The predicted octanol–water partition coefficient (Wildman–Crippen LogP) is 8.95. The highest BCUT2D eigenvalue weighted by atomic mass is 79.9. The molecule has 1 aliphatic carbocycles. The molecule has 36 heavy (non-hydrogen) atoms. The Kier molecular flexibility index (Phi) is 6.18. The summed E-state index contributed by atoms with van der Waals surface area (Å²) >= 11 is 5.16. The van der Waals surface area contributed by atoms with Crippen molar-refractivity contribution in [2.24, 2.45) is 10.9 Å². The molecule has 0 radical (unpaired) electrons. The molecule has 3 aromatic carbocycles. The number of benzene rings is 3. The number of rotatable bonds is 3. The van der Waals surface area contributed by atoms with E-state index in [4.69, 9.17) is 4.99 Å². The third-order valence-corrected chi connectivity index (χ3v) is 8.19. The fraction of sp³-hybridized carbons (Fsp3) is 0.167. The van der Waals surface area contributed by atoms with Crippen LogP contribution in [0.4, 0.5) is 8.78 Å². The van der Waals surface area contributed by atoms with Gasteiger partial charge in [-0.05, 0) is 89.1 Å². The molecule has 2 aliphatic heterocycles. The molecule has 180 valence electrons. The van der Waals surface area contributed by atoms with Gasteiger partial charge in [-0.3, -0.25) is 0 Å². The van der Waals surface area contributed by atoms with Crippen LogP contribution in [0, 0.1) is 17.6 Å². The van der Waals surface area contributed by atoms with E-state index in [1.165, 1.54) is 29.8 Å². The van der Waals surface area contributed by atoms with Crippen molar-refractivity contribution < 1.29 is 8.78 Å². The normalized spacial score (nSPS) is 22.3. The minimum absolute atomic E-state index is 0.0858. The van der Waals surface area contributed by atoms with Crippen LogP contribution in [0.25, 0.3) is 11.8 Å². The second-order valence-corrected chi connectivity index (χ2v) is 11.2. The molecule has 0 N–H and O–H groups in total. The third-order valence-electron chi connectivity index (χ3n) is 6.82. The third kappa shape index (κ3) is 4.37. The molecule has 6 heteroatoms. The van der Waals surface area contributed by atoms with E-state index in [-0.39, 0.29) is 17.7 Å². The Hall–Kier alpha value is -2.96. The van der Waals surface area contributed by atoms with Crippen LogP contribution in [0.2, 0.25) is 0 Å². The van der Waals surface area contributed by atoms with Crippen LogP contribution in [-0.2, 0) is 0 Å². The largest absolute Gasteiger partial charge is 0.308 e. The lowest BCUT2D eigenvalue weighted by atomic mass is 9.78. The lowest BCUT2D eigenvalue weighted by Gasteiger charge is -2.41. The first kappa shape index (κ1) is 23.4. The SMILES string of the molecule is CC1CC2=C(N=C3SC=C(c4ccc(Br)cc4)N3C2c2ccc(F)cc2)/C(=C/c2ccc(F)cc2)C1. The minimum atomic E-state index is -0.244. The number of allylic oxidation sites excluding steroid dienone is 1. The monoisotopic (exact) mass is 560 g/mol. The summed E-state index contributed by atoms with van der Waals surface area (Å²) in [7, 11) is 0. The molecule has 6 rings (SSSR count). The zero-order valence-electron chi connectivity index (χ0n) is 19.6. The Morgan fingerprint density at radius 3 is 2.28 bits per heavy atom. The number of aliphatic imine (C=N–C) groups is 1. The molecule has 0 bridgehead atoms. The molecule has 0 saturated heterocycles. The molecule has 3 aliphatic rings. The number of halogens is 3. The molecule has 0 amide bonds. The fourth-order valence-corrected chi connectivity index (χ4v) is 6.42. The molecule has 0 saturated carbocycles. The van der Waals surface area contributed by atoms with Gasteiger partial charge in [-0.2, -0.15) is 0 Å². The maximum Gasteiger partial charge on any atom is 0.174 e. The number of thioether (sulfide) groups is 1. The summed E-state index contributed by atoms with van der Waals surface area (Å²) in [5.41, 5.74) is 7.61. The van der Waals surface area contributed by atoms with Gasteiger partial charge in [0.2, 0.25) is 0 Å². The van der Waals surface area contributed by atoms with Gasteiger partial charge in [0.1, 0.15) is 11.6 Å². The average Bonchev–Trinajstić information content (AvgIpc) is 3.29. The molecule has 2 unspecified atom stereocenters. The topological polar surface area (TPSA) is 15.6 Å². The summed E-state index contributed by atoms with van der Waals surface area (Å²) in [4.78, 5) is 7.49. The maximum absolute atomic E-state index is 13.9. The summed E-state index contributed by atoms with van der Waals surface area (Å²) in [5.74, 6) is -0.0653. The molecule has 2 atom stereocenters. The Bertz CT molecular complexity index is 1440. The number of hydrogen-bond donors (Lipinski definition) is 0. The quantitative estimate of drug-likeness (QED) is 0.317. The summed E-state index contributed by atoms with van der Waals surface area (Å²) in [5, 5.41) is 3.07. The van der Waals surface area contributed by atoms with Crippen molar-refractivity contribution in [1.82, 2.24) is 4.90 Å². The average molecular weight is 561 g/mol. The van der Waals surface area contributed by atoms with Crippen molar-refractivity contribution >= 4 is 44.6 Å². The number of hydrogen-bond acceptors (Lipinski definition) is 3. The van der Waals surface area contributed by atoms with E-state index >= 15 is 0 Å². The van der Waals surface area contributed by atoms with Crippen molar-refractivity contribution in [2.75, 3.05) is 0 Å².